The highest BCUT2D eigenvalue weighted by Gasteiger charge is 2.21. The smallest absolute Gasteiger partial charge is 0.309 e. The Hall–Kier alpha value is -2.70. The molecule has 0 aliphatic rings. The predicted molar refractivity (Wildman–Crippen MR) is 98.3 cm³/mol. The number of hydrogen-bond acceptors (Lipinski definition) is 4. The second-order valence-electron chi connectivity index (χ2n) is 6.09. The van der Waals surface area contributed by atoms with E-state index in [0.29, 0.717) is 12.8 Å². The lowest BCUT2D eigenvalue weighted by molar-refractivity contribution is -0.140. The summed E-state index contributed by atoms with van der Waals surface area (Å²) in [6.07, 6.45) is 0.841. The third kappa shape index (κ3) is 6.31. The third-order valence-corrected chi connectivity index (χ3v) is 3.97. The van der Waals surface area contributed by atoms with Gasteiger partial charge in [0.2, 0.25) is 0 Å². The summed E-state index contributed by atoms with van der Waals surface area (Å²) in [5, 5.41) is 24.0. The maximum atomic E-state index is 12.1. The fourth-order valence-electron chi connectivity index (χ4n) is 2.62. The summed E-state index contributed by atoms with van der Waals surface area (Å²) < 4.78 is 0. The molecule has 2 amide bonds. The van der Waals surface area contributed by atoms with Crippen molar-refractivity contribution in [3.8, 4) is 0 Å². The van der Waals surface area contributed by atoms with Gasteiger partial charge in [0, 0.05) is 0 Å². The van der Waals surface area contributed by atoms with Crippen molar-refractivity contribution in [1.82, 2.24) is 10.6 Å². The molecule has 4 N–H and O–H groups in total. The van der Waals surface area contributed by atoms with Crippen molar-refractivity contribution < 1.29 is 19.8 Å². The summed E-state index contributed by atoms with van der Waals surface area (Å²) in [5.74, 6) is -1.65. The molecule has 0 saturated heterocycles. The molecule has 0 aliphatic heterocycles. The van der Waals surface area contributed by atoms with Gasteiger partial charge < -0.3 is 20.8 Å². The predicted octanol–water partition coefficient (Wildman–Crippen LogP) is 0.426. The summed E-state index contributed by atoms with van der Waals surface area (Å²) in [4.78, 5) is 24.2. The molecule has 2 aromatic carbocycles. The molecule has 0 unspecified atom stereocenters. The Bertz CT molecular complexity index is 630. The van der Waals surface area contributed by atoms with Crippen LogP contribution in [0.1, 0.15) is 11.1 Å². The highest BCUT2D eigenvalue weighted by Crippen LogP contribution is 2.04. The fraction of sp³-hybridized carbons (Fsp3) is 0.300. The second kappa shape index (κ2) is 10.3. The lowest BCUT2D eigenvalue weighted by Gasteiger charge is -2.19. The fourth-order valence-corrected chi connectivity index (χ4v) is 2.62. The minimum absolute atomic E-state index is 0.276. The van der Waals surface area contributed by atoms with Crippen LogP contribution in [0.25, 0.3) is 0 Å². The van der Waals surface area contributed by atoms with Crippen LogP contribution in [-0.2, 0) is 22.4 Å². The molecular formula is C20H24N2O4. The minimum atomic E-state index is -0.827. The van der Waals surface area contributed by atoms with E-state index in [9.17, 15) is 19.8 Å². The van der Waals surface area contributed by atoms with Crippen LogP contribution in [0.4, 0.5) is 0 Å². The van der Waals surface area contributed by atoms with E-state index in [1.165, 1.54) is 0 Å². The van der Waals surface area contributed by atoms with Crippen LogP contribution in [0.5, 0.6) is 0 Å². The van der Waals surface area contributed by atoms with Gasteiger partial charge in [0.05, 0.1) is 25.3 Å². The van der Waals surface area contributed by atoms with Crippen LogP contribution in [0, 0.1) is 0 Å². The van der Waals surface area contributed by atoms with Crippen molar-refractivity contribution in [3.63, 3.8) is 0 Å². The Morgan fingerprint density at radius 1 is 0.692 bits per heavy atom. The molecule has 0 aromatic heterocycles. The molecule has 0 heterocycles. The average molecular weight is 356 g/mol. The van der Waals surface area contributed by atoms with E-state index in [-0.39, 0.29) is 13.2 Å². The SMILES string of the molecule is O=C(N[C@@H](CO)Cc1ccccc1)C(=O)N[C@@H](CO)Cc1ccccc1. The molecule has 0 fully saturated rings. The number of nitrogens with one attached hydrogen (secondary N) is 2. The number of carbonyl (C=O) groups excluding carboxylic acids is 2. The van der Waals surface area contributed by atoms with Gasteiger partial charge in [-0.2, -0.15) is 0 Å². The molecule has 2 atom stereocenters. The van der Waals surface area contributed by atoms with Gasteiger partial charge in [0.25, 0.3) is 0 Å². The van der Waals surface area contributed by atoms with Crippen molar-refractivity contribution in [2.24, 2.45) is 0 Å². The average Bonchev–Trinajstić information content (AvgIpc) is 2.68. The summed E-state index contributed by atoms with van der Waals surface area (Å²) in [7, 11) is 0. The van der Waals surface area contributed by atoms with Gasteiger partial charge in [-0.3, -0.25) is 9.59 Å². The Balaban J connectivity index is 1.87. The number of aliphatic hydroxyl groups is 2. The molecule has 0 radical (unpaired) electrons. The maximum absolute atomic E-state index is 12.1. The monoisotopic (exact) mass is 356 g/mol. The third-order valence-electron chi connectivity index (χ3n) is 3.97. The van der Waals surface area contributed by atoms with Crippen molar-refractivity contribution in [3.05, 3.63) is 71.8 Å². The highest BCUT2D eigenvalue weighted by molar-refractivity contribution is 6.35. The van der Waals surface area contributed by atoms with Crippen LogP contribution < -0.4 is 10.6 Å². The first kappa shape index (κ1) is 19.6. The van der Waals surface area contributed by atoms with Gasteiger partial charge in [-0.15, -0.1) is 0 Å². The molecule has 26 heavy (non-hydrogen) atoms. The zero-order valence-electron chi connectivity index (χ0n) is 14.5. The van der Waals surface area contributed by atoms with Crippen LogP contribution in [0.2, 0.25) is 0 Å². The number of rotatable bonds is 8. The Labute approximate surface area is 152 Å². The van der Waals surface area contributed by atoms with Gasteiger partial charge in [-0.25, -0.2) is 0 Å². The molecule has 6 nitrogen and oxygen atoms in total. The van der Waals surface area contributed by atoms with E-state index in [1.54, 1.807) is 0 Å². The number of aliphatic hydroxyl groups excluding tert-OH is 2. The zero-order chi connectivity index (χ0) is 18.8. The van der Waals surface area contributed by atoms with Crippen LogP contribution in [0.3, 0.4) is 0 Å². The molecule has 2 aromatic rings. The van der Waals surface area contributed by atoms with E-state index in [1.807, 2.05) is 60.7 Å². The maximum Gasteiger partial charge on any atom is 0.309 e. The standard InChI is InChI=1S/C20H24N2O4/c23-13-17(11-15-7-3-1-4-8-15)21-19(25)20(26)22-18(14-24)12-16-9-5-2-6-10-16/h1-10,17-18,23-24H,11-14H2,(H,21,25)(H,22,26)/t17-,18-/m1/s1. The summed E-state index contributed by atoms with van der Waals surface area (Å²) in [6, 6.07) is 17.7. The highest BCUT2D eigenvalue weighted by atomic mass is 16.3. The topological polar surface area (TPSA) is 98.7 Å². The molecule has 0 bridgehead atoms. The first-order valence-electron chi connectivity index (χ1n) is 8.53. The van der Waals surface area contributed by atoms with Gasteiger partial charge in [0.15, 0.2) is 0 Å². The first-order chi connectivity index (χ1) is 12.6. The zero-order valence-corrected chi connectivity index (χ0v) is 14.5. The summed E-state index contributed by atoms with van der Waals surface area (Å²) >= 11 is 0. The van der Waals surface area contributed by atoms with E-state index in [2.05, 4.69) is 10.6 Å². The summed E-state index contributed by atoms with van der Waals surface area (Å²) in [6.45, 7) is -0.553. The van der Waals surface area contributed by atoms with Gasteiger partial charge in [0.1, 0.15) is 0 Å². The minimum Gasteiger partial charge on any atom is -0.394 e. The number of amides is 2. The molecule has 138 valence electrons. The lowest BCUT2D eigenvalue weighted by Crippen LogP contribution is -2.50. The molecule has 0 saturated carbocycles. The quantitative estimate of drug-likeness (QED) is 0.516. The molecular weight excluding hydrogens is 332 g/mol. The van der Waals surface area contributed by atoms with Gasteiger partial charge >= 0.3 is 11.8 Å². The van der Waals surface area contributed by atoms with E-state index >= 15 is 0 Å². The molecule has 6 heteroatoms. The van der Waals surface area contributed by atoms with Gasteiger partial charge in [-0.1, -0.05) is 60.7 Å². The van der Waals surface area contributed by atoms with Crippen molar-refractivity contribution >= 4 is 11.8 Å². The lowest BCUT2D eigenvalue weighted by atomic mass is 10.1. The number of hydrogen-bond donors (Lipinski definition) is 4. The molecule has 0 aliphatic carbocycles. The first-order valence-corrected chi connectivity index (χ1v) is 8.53. The van der Waals surface area contributed by atoms with Crippen LogP contribution in [0.15, 0.2) is 60.7 Å². The number of carbonyl (C=O) groups is 2. The van der Waals surface area contributed by atoms with E-state index in [4.69, 9.17) is 0 Å². The number of benzene rings is 2. The van der Waals surface area contributed by atoms with Crippen molar-refractivity contribution in [1.29, 1.82) is 0 Å². The Morgan fingerprint density at radius 2 is 1.04 bits per heavy atom. The van der Waals surface area contributed by atoms with E-state index < -0.39 is 23.9 Å². The van der Waals surface area contributed by atoms with Crippen LogP contribution >= 0.6 is 0 Å². The molecule has 2 rings (SSSR count). The normalized spacial score (nSPS) is 12.8. The summed E-state index contributed by atoms with van der Waals surface area (Å²) in [5.41, 5.74) is 1.90. The Morgan fingerprint density at radius 3 is 1.35 bits per heavy atom. The van der Waals surface area contributed by atoms with Crippen LogP contribution in [-0.4, -0.2) is 47.3 Å². The Kier molecular flexibility index (Phi) is 7.79. The van der Waals surface area contributed by atoms with Crippen molar-refractivity contribution in [2.75, 3.05) is 13.2 Å². The van der Waals surface area contributed by atoms with E-state index in [0.717, 1.165) is 11.1 Å². The largest absolute Gasteiger partial charge is 0.394 e. The molecule has 0 spiro atoms. The second-order valence-corrected chi connectivity index (χ2v) is 6.09. The van der Waals surface area contributed by atoms with Crippen molar-refractivity contribution in [2.45, 2.75) is 24.9 Å². The van der Waals surface area contributed by atoms with Gasteiger partial charge in [-0.05, 0) is 24.0 Å².